The maximum Gasteiger partial charge on any atom is 0.185 e. The van der Waals surface area contributed by atoms with Crippen LogP contribution in [0.2, 0.25) is 0 Å². The van der Waals surface area contributed by atoms with Gasteiger partial charge in [0, 0.05) is 24.1 Å². The monoisotopic (exact) mass is 386 g/mol. The third-order valence-electron chi connectivity index (χ3n) is 4.45. The number of Topliss-reactive ketones (excluding diaryl/α,β-unsaturated/α-hetero) is 1. The Morgan fingerprint density at radius 2 is 2.04 bits per heavy atom. The number of thioether (sulfide) groups is 1. The van der Waals surface area contributed by atoms with Gasteiger partial charge in [0.25, 0.3) is 0 Å². The second-order valence-electron chi connectivity index (χ2n) is 6.24. The first-order valence-corrected chi connectivity index (χ1v) is 10.0. The molecule has 27 heavy (non-hydrogen) atoms. The smallest absolute Gasteiger partial charge is 0.185 e. The molecule has 0 unspecified atom stereocenters. The molecule has 0 bridgehead atoms. The number of halogens is 1. The third kappa shape index (κ3) is 4.69. The van der Waals surface area contributed by atoms with Crippen molar-refractivity contribution in [3.05, 3.63) is 59.4 Å². The van der Waals surface area contributed by atoms with Crippen molar-refractivity contribution in [3.8, 4) is 5.75 Å². The lowest BCUT2D eigenvalue weighted by Gasteiger charge is -2.27. The normalized spacial score (nSPS) is 13.8. The van der Waals surface area contributed by atoms with Crippen LogP contribution in [0.1, 0.15) is 29.3 Å². The number of ether oxygens (including phenoxy) is 1. The highest BCUT2D eigenvalue weighted by Gasteiger charge is 2.22. The summed E-state index contributed by atoms with van der Waals surface area (Å²) in [6.45, 7) is 2.89. The molecule has 0 aliphatic carbocycles. The van der Waals surface area contributed by atoms with Gasteiger partial charge in [-0.2, -0.15) is 0 Å². The highest BCUT2D eigenvalue weighted by molar-refractivity contribution is 8.14. The molecule has 3 rings (SSSR count). The zero-order chi connectivity index (χ0) is 19.2. The summed E-state index contributed by atoms with van der Waals surface area (Å²) in [5.74, 6) is 0.499. The van der Waals surface area contributed by atoms with E-state index in [1.54, 1.807) is 17.8 Å². The first kappa shape index (κ1) is 19.4. The average Bonchev–Trinajstić information content (AvgIpc) is 2.72. The first-order chi connectivity index (χ1) is 13.1. The quantitative estimate of drug-likeness (QED) is 0.682. The average molecular weight is 386 g/mol. The van der Waals surface area contributed by atoms with E-state index in [4.69, 9.17) is 4.74 Å². The van der Waals surface area contributed by atoms with Crippen LogP contribution in [0.25, 0.3) is 0 Å². The van der Waals surface area contributed by atoms with Crippen molar-refractivity contribution in [3.63, 3.8) is 0 Å². The molecule has 0 amide bonds. The van der Waals surface area contributed by atoms with Gasteiger partial charge in [-0.1, -0.05) is 30.8 Å². The Morgan fingerprint density at radius 1 is 1.26 bits per heavy atom. The Balaban J connectivity index is 1.88. The number of aliphatic imine (C=N–C) groups is 1. The van der Waals surface area contributed by atoms with Crippen LogP contribution in [0, 0.1) is 5.82 Å². The zero-order valence-electron chi connectivity index (χ0n) is 15.6. The summed E-state index contributed by atoms with van der Waals surface area (Å²) in [4.78, 5) is 19.3. The number of methoxy groups -OCH3 is 1. The zero-order valence-corrected chi connectivity index (χ0v) is 16.4. The lowest BCUT2D eigenvalue weighted by Crippen LogP contribution is -2.35. The molecule has 0 spiro atoms. The van der Waals surface area contributed by atoms with Crippen LogP contribution in [-0.4, -0.2) is 36.9 Å². The molecule has 0 N–H and O–H groups in total. The standard InChI is InChI=1S/C21H23FN2O2S/c1-3-15-5-7-16(8-6-15)24(21-23-11-4-12-27-21)14-20(25)18-10-9-17(26-2)13-19(18)22/h5-10,13H,3-4,11-12,14H2,1-2H3. The van der Waals surface area contributed by atoms with Crippen molar-refractivity contribution in [1.82, 2.24) is 0 Å². The number of nitrogens with zero attached hydrogens (tertiary/aromatic N) is 2. The summed E-state index contributed by atoms with van der Waals surface area (Å²) in [6.07, 6.45) is 1.98. The van der Waals surface area contributed by atoms with Crippen LogP contribution in [0.3, 0.4) is 0 Å². The van der Waals surface area contributed by atoms with E-state index < -0.39 is 5.82 Å². The number of carbonyl (C=O) groups is 1. The molecule has 6 heteroatoms. The number of anilines is 1. The molecule has 4 nitrogen and oxygen atoms in total. The molecule has 142 valence electrons. The van der Waals surface area contributed by atoms with E-state index in [1.807, 2.05) is 17.0 Å². The van der Waals surface area contributed by atoms with Gasteiger partial charge in [-0.3, -0.25) is 9.79 Å². The molecule has 0 saturated heterocycles. The lowest BCUT2D eigenvalue weighted by atomic mass is 10.1. The van der Waals surface area contributed by atoms with E-state index in [2.05, 4.69) is 24.0 Å². The first-order valence-electron chi connectivity index (χ1n) is 9.03. The second kappa shape index (κ2) is 9.04. The van der Waals surface area contributed by atoms with Crippen molar-refractivity contribution in [2.45, 2.75) is 19.8 Å². The lowest BCUT2D eigenvalue weighted by molar-refractivity contribution is 0.0998. The molecule has 0 radical (unpaired) electrons. The Morgan fingerprint density at radius 3 is 2.63 bits per heavy atom. The van der Waals surface area contributed by atoms with Crippen LogP contribution in [0.4, 0.5) is 10.1 Å². The van der Waals surface area contributed by atoms with E-state index >= 15 is 0 Å². The molecular weight excluding hydrogens is 363 g/mol. The second-order valence-corrected chi connectivity index (χ2v) is 7.30. The minimum absolute atomic E-state index is 0.0422. The minimum atomic E-state index is -0.570. The number of benzene rings is 2. The highest BCUT2D eigenvalue weighted by Crippen LogP contribution is 2.25. The fourth-order valence-corrected chi connectivity index (χ4v) is 3.83. The number of aryl methyl sites for hydroxylation is 1. The summed E-state index contributed by atoms with van der Waals surface area (Å²) in [5.41, 5.74) is 2.18. The fourth-order valence-electron chi connectivity index (χ4n) is 2.87. The maximum atomic E-state index is 14.3. The summed E-state index contributed by atoms with van der Waals surface area (Å²) in [5, 5.41) is 0.813. The predicted octanol–water partition coefficient (Wildman–Crippen LogP) is 4.58. The number of hydrogen-bond donors (Lipinski definition) is 0. The Kier molecular flexibility index (Phi) is 6.50. The van der Waals surface area contributed by atoms with Crippen molar-refractivity contribution in [1.29, 1.82) is 0 Å². The van der Waals surface area contributed by atoms with Crippen molar-refractivity contribution < 1.29 is 13.9 Å². The van der Waals surface area contributed by atoms with Crippen LogP contribution < -0.4 is 9.64 Å². The van der Waals surface area contributed by atoms with E-state index in [1.165, 1.54) is 24.8 Å². The minimum Gasteiger partial charge on any atom is -0.497 e. The molecule has 1 heterocycles. The summed E-state index contributed by atoms with van der Waals surface area (Å²) in [6, 6.07) is 12.4. The summed E-state index contributed by atoms with van der Waals surface area (Å²) >= 11 is 1.63. The molecule has 1 aliphatic rings. The molecule has 0 atom stereocenters. The van der Waals surface area contributed by atoms with Gasteiger partial charge in [-0.25, -0.2) is 4.39 Å². The maximum absolute atomic E-state index is 14.3. The summed E-state index contributed by atoms with van der Waals surface area (Å²) < 4.78 is 19.3. The molecule has 0 aromatic heterocycles. The summed E-state index contributed by atoms with van der Waals surface area (Å²) in [7, 11) is 1.47. The van der Waals surface area contributed by atoms with Crippen molar-refractivity contribution in [2.75, 3.05) is 30.9 Å². The predicted molar refractivity (Wildman–Crippen MR) is 110 cm³/mol. The van der Waals surface area contributed by atoms with Gasteiger partial charge in [0.05, 0.1) is 19.2 Å². The van der Waals surface area contributed by atoms with Gasteiger partial charge in [0.15, 0.2) is 11.0 Å². The van der Waals surface area contributed by atoms with Crippen molar-refractivity contribution in [2.24, 2.45) is 4.99 Å². The van der Waals surface area contributed by atoms with Gasteiger partial charge in [0.2, 0.25) is 0 Å². The molecule has 2 aromatic carbocycles. The molecule has 2 aromatic rings. The number of ketones is 1. The Labute approximate surface area is 163 Å². The van der Waals surface area contributed by atoms with Gasteiger partial charge in [-0.15, -0.1) is 0 Å². The molecular formula is C21H23FN2O2S. The van der Waals surface area contributed by atoms with Crippen LogP contribution >= 0.6 is 11.8 Å². The van der Waals surface area contributed by atoms with Gasteiger partial charge in [-0.05, 0) is 42.7 Å². The molecule has 1 aliphatic heterocycles. The Hall–Kier alpha value is -2.34. The van der Waals surface area contributed by atoms with E-state index in [9.17, 15) is 9.18 Å². The number of carbonyl (C=O) groups excluding carboxylic acids is 1. The topological polar surface area (TPSA) is 41.9 Å². The van der Waals surface area contributed by atoms with E-state index in [0.717, 1.165) is 36.0 Å². The van der Waals surface area contributed by atoms with Crippen LogP contribution in [0.5, 0.6) is 5.75 Å². The SMILES string of the molecule is CCc1ccc(N(CC(=O)c2ccc(OC)cc2F)C2=NCCCS2)cc1. The molecule has 0 fully saturated rings. The largest absolute Gasteiger partial charge is 0.497 e. The Bertz CT molecular complexity index is 837. The van der Waals surface area contributed by atoms with Crippen LogP contribution in [0.15, 0.2) is 47.5 Å². The van der Waals surface area contributed by atoms with E-state index in [-0.39, 0.29) is 17.9 Å². The van der Waals surface area contributed by atoms with Gasteiger partial charge in [0.1, 0.15) is 11.6 Å². The number of amidine groups is 1. The van der Waals surface area contributed by atoms with Gasteiger partial charge >= 0.3 is 0 Å². The number of rotatable bonds is 6. The van der Waals surface area contributed by atoms with Gasteiger partial charge < -0.3 is 9.64 Å². The van der Waals surface area contributed by atoms with Crippen LogP contribution in [-0.2, 0) is 6.42 Å². The van der Waals surface area contributed by atoms with E-state index in [0.29, 0.717) is 5.75 Å². The highest BCUT2D eigenvalue weighted by atomic mass is 32.2. The van der Waals surface area contributed by atoms with Crippen molar-refractivity contribution >= 4 is 28.4 Å². The fraction of sp³-hybridized carbons (Fsp3) is 0.333. The number of hydrogen-bond acceptors (Lipinski definition) is 5. The third-order valence-corrected chi connectivity index (χ3v) is 5.55. The molecule has 0 saturated carbocycles.